The molecule has 0 saturated heterocycles. The molecule has 0 unspecified atom stereocenters. The van der Waals surface area contributed by atoms with E-state index in [1.54, 1.807) is 12.1 Å². The van der Waals surface area contributed by atoms with Crippen LogP contribution < -0.4 is 10.1 Å². The number of ether oxygens (including phenoxy) is 2. The number of benzene rings is 1. The van der Waals surface area contributed by atoms with Gasteiger partial charge in [-0.1, -0.05) is 43.5 Å². The molecule has 0 saturated carbocycles. The maximum atomic E-state index is 11.9. The molecule has 0 heterocycles. The van der Waals surface area contributed by atoms with Gasteiger partial charge in [-0.25, -0.2) is 4.79 Å². The monoisotopic (exact) mass is 347 g/mol. The molecule has 122 valence electrons. The molecule has 0 fully saturated rings. The molecule has 1 rings (SSSR count). The highest BCUT2D eigenvalue weighted by atomic mass is 35.5. The van der Waals surface area contributed by atoms with Crippen LogP contribution in [0.15, 0.2) is 18.2 Å². The van der Waals surface area contributed by atoms with Gasteiger partial charge in [0.1, 0.15) is 11.8 Å². The number of methoxy groups -OCH3 is 1. The average molecular weight is 348 g/mol. The number of carbonyl (C=O) groups excluding carboxylic acids is 2. The second-order valence-electron chi connectivity index (χ2n) is 4.82. The number of nitrogens with one attached hydrogen (secondary N) is 1. The molecule has 0 aliphatic heterocycles. The molecule has 0 spiro atoms. The third kappa shape index (κ3) is 5.39. The smallest absolute Gasteiger partial charge is 0.328 e. The predicted octanol–water partition coefficient (Wildman–Crippen LogP) is 3.08. The minimum atomic E-state index is -0.695. The van der Waals surface area contributed by atoms with E-state index in [9.17, 15) is 9.59 Å². The molecular weight excluding hydrogens is 329 g/mol. The highest BCUT2D eigenvalue weighted by Crippen LogP contribution is 2.26. The molecule has 0 aliphatic rings. The van der Waals surface area contributed by atoms with E-state index >= 15 is 0 Å². The standard InChI is InChI=1S/C15H19Cl2NO4/c1-4-9(2)14(15(20)21-3)18-13(19)8-22-10-5-6-11(16)12(17)7-10/h5-7,9,14H,4,8H2,1-3H3,(H,18,19)/t9-,14+/m1/s1. The Labute approximate surface area is 139 Å². The normalized spacial score (nSPS) is 13.1. The quantitative estimate of drug-likeness (QED) is 0.769. The Hall–Kier alpha value is -1.46. The van der Waals surface area contributed by atoms with Gasteiger partial charge in [-0.15, -0.1) is 0 Å². The first kappa shape index (κ1) is 18.6. The predicted molar refractivity (Wildman–Crippen MR) is 85.4 cm³/mol. The van der Waals surface area contributed by atoms with Crippen LogP contribution in [0.4, 0.5) is 0 Å². The minimum Gasteiger partial charge on any atom is -0.484 e. The molecular formula is C15H19Cl2NO4. The lowest BCUT2D eigenvalue weighted by Gasteiger charge is -2.21. The van der Waals surface area contributed by atoms with Crippen molar-refractivity contribution in [3.05, 3.63) is 28.2 Å². The molecule has 7 heteroatoms. The van der Waals surface area contributed by atoms with Crippen molar-refractivity contribution in [1.29, 1.82) is 0 Å². The number of esters is 1. The summed E-state index contributed by atoms with van der Waals surface area (Å²) in [7, 11) is 1.29. The summed E-state index contributed by atoms with van der Waals surface area (Å²) in [6.45, 7) is 3.56. The van der Waals surface area contributed by atoms with Gasteiger partial charge < -0.3 is 14.8 Å². The van der Waals surface area contributed by atoms with Gasteiger partial charge in [-0.3, -0.25) is 4.79 Å². The minimum absolute atomic E-state index is 0.0404. The van der Waals surface area contributed by atoms with Crippen LogP contribution in [0.5, 0.6) is 5.75 Å². The third-order valence-electron chi connectivity index (χ3n) is 3.25. The fourth-order valence-corrected chi connectivity index (χ4v) is 2.01. The molecule has 1 aromatic carbocycles. The van der Waals surface area contributed by atoms with Gasteiger partial charge in [0.25, 0.3) is 5.91 Å². The van der Waals surface area contributed by atoms with Crippen LogP contribution >= 0.6 is 23.2 Å². The van der Waals surface area contributed by atoms with E-state index in [0.29, 0.717) is 15.8 Å². The van der Waals surface area contributed by atoms with Gasteiger partial charge in [0, 0.05) is 6.07 Å². The lowest BCUT2D eigenvalue weighted by atomic mass is 9.99. The Bertz CT molecular complexity index is 536. The molecule has 22 heavy (non-hydrogen) atoms. The Kier molecular flexibility index (Phi) is 7.48. The summed E-state index contributed by atoms with van der Waals surface area (Å²) in [5.74, 6) is -0.511. The number of rotatable bonds is 7. The van der Waals surface area contributed by atoms with Crippen LogP contribution in [0, 0.1) is 5.92 Å². The van der Waals surface area contributed by atoms with E-state index in [1.165, 1.54) is 13.2 Å². The number of halogens is 2. The Morgan fingerprint density at radius 1 is 1.27 bits per heavy atom. The first-order chi connectivity index (χ1) is 10.4. The van der Waals surface area contributed by atoms with Gasteiger partial charge in [-0.05, 0) is 18.1 Å². The van der Waals surface area contributed by atoms with E-state index in [-0.39, 0.29) is 12.5 Å². The summed E-state index contributed by atoms with van der Waals surface area (Å²) in [5, 5.41) is 3.36. The molecule has 1 amide bonds. The topological polar surface area (TPSA) is 64.6 Å². The van der Waals surface area contributed by atoms with Gasteiger partial charge in [0.15, 0.2) is 6.61 Å². The molecule has 5 nitrogen and oxygen atoms in total. The van der Waals surface area contributed by atoms with Gasteiger partial charge in [0.05, 0.1) is 17.2 Å². The second kappa shape index (κ2) is 8.86. The summed E-state index contributed by atoms with van der Waals surface area (Å²) >= 11 is 11.7. The van der Waals surface area contributed by atoms with Crippen molar-refractivity contribution in [1.82, 2.24) is 5.32 Å². The van der Waals surface area contributed by atoms with Crippen molar-refractivity contribution < 1.29 is 19.1 Å². The molecule has 1 aromatic rings. The van der Waals surface area contributed by atoms with Crippen LogP contribution in [0.2, 0.25) is 10.0 Å². The second-order valence-corrected chi connectivity index (χ2v) is 5.63. The van der Waals surface area contributed by atoms with Gasteiger partial charge in [-0.2, -0.15) is 0 Å². The Balaban J connectivity index is 2.60. The fourth-order valence-electron chi connectivity index (χ4n) is 1.73. The maximum Gasteiger partial charge on any atom is 0.328 e. The van der Waals surface area contributed by atoms with E-state index in [1.807, 2.05) is 13.8 Å². The molecule has 0 bridgehead atoms. The zero-order valence-electron chi connectivity index (χ0n) is 12.7. The number of hydrogen-bond acceptors (Lipinski definition) is 4. The van der Waals surface area contributed by atoms with Crippen LogP contribution in [-0.2, 0) is 14.3 Å². The van der Waals surface area contributed by atoms with E-state index < -0.39 is 17.9 Å². The first-order valence-electron chi connectivity index (χ1n) is 6.84. The molecule has 1 N–H and O–H groups in total. The van der Waals surface area contributed by atoms with Gasteiger partial charge >= 0.3 is 5.97 Å². The summed E-state index contributed by atoms with van der Waals surface area (Å²) in [6.07, 6.45) is 0.730. The SMILES string of the molecule is CC[C@@H](C)[C@H](NC(=O)COc1ccc(Cl)c(Cl)c1)C(=O)OC. The van der Waals surface area contributed by atoms with Crippen molar-refractivity contribution in [3.8, 4) is 5.75 Å². The zero-order valence-corrected chi connectivity index (χ0v) is 14.2. The Morgan fingerprint density at radius 2 is 1.95 bits per heavy atom. The van der Waals surface area contributed by atoms with Crippen LogP contribution in [0.3, 0.4) is 0 Å². The number of hydrogen-bond donors (Lipinski definition) is 1. The molecule has 0 aromatic heterocycles. The van der Waals surface area contributed by atoms with E-state index in [4.69, 9.17) is 32.7 Å². The lowest BCUT2D eigenvalue weighted by Crippen LogP contribution is -2.47. The summed E-state index contributed by atoms with van der Waals surface area (Å²) in [5.41, 5.74) is 0. The van der Waals surface area contributed by atoms with Crippen molar-refractivity contribution in [2.75, 3.05) is 13.7 Å². The summed E-state index contributed by atoms with van der Waals surface area (Å²) in [4.78, 5) is 23.6. The number of amides is 1. The highest BCUT2D eigenvalue weighted by molar-refractivity contribution is 6.42. The first-order valence-corrected chi connectivity index (χ1v) is 7.59. The molecule has 2 atom stereocenters. The Morgan fingerprint density at radius 3 is 2.50 bits per heavy atom. The molecule has 0 aliphatic carbocycles. The van der Waals surface area contributed by atoms with E-state index in [0.717, 1.165) is 6.42 Å². The fraction of sp³-hybridized carbons (Fsp3) is 0.467. The zero-order chi connectivity index (χ0) is 16.7. The van der Waals surface area contributed by atoms with Crippen molar-refractivity contribution in [3.63, 3.8) is 0 Å². The van der Waals surface area contributed by atoms with Crippen molar-refractivity contribution >= 4 is 35.1 Å². The largest absolute Gasteiger partial charge is 0.484 e. The lowest BCUT2D eigenvalue weighted by molar-refractivity contribution is -0.146. The van der Waals surface area contributed by atoms with Crippen LogP contribution in [0.1, 0.15) is 20.3 Å². The summed E-state index contributed by atoms with van der Waals surface area (Å²) in [6, 6.07) is 4.00. The van der Waals surface area contributed by atoms with Crippen LogP contribution in [0.25, 0.3) is 0 Å². The average Bonchev–Trinajstić information content (AvgIpc) is 2.52. The van der Waals surface area contributed by atoms with Crippen LogP contribution in [-0.4, -0.2) is 31.6 Å². The summed E-state index contributed by atoms with van der Waals surface area (Å²) < 4.78 is 10.0. The number of carbonyl (C=O) groups is 2. The van der Waals surface area contributed by atoms with Crippen molar-refractivity contribution in [2.24, 2.45) is 5.92 Å². The maximum absolute atomic E-state index is 11.9. The van der Waals surface area contributed by atoms with Gasteiger partial charge in [0.2, 0.25) is 0 Å². The highest BCUT2D eigenvalue weighted by Gasteiger charge is 2.26. The van der Waals surface area contributed by atoms with Crippen molar-refractivity contribution in [2.45, 2.75) is 26.3 Å². The third-order valence-corrected chi connectivity index (χ3v) is 3.98. The van der Waals surface area contributed by atoms with E-state index in [2.05, 4.69) is 5.32 Å². The molecule has 0 radical (unpaired) electrons.